The highest BCUT2D eigenvalue weighted by molar-refractivity contribution is 7.74. The topological polar surface area (TPSA) is 87.6 Å². The van der Waals surface area contributed by atoms with Crippen molar-refractivity contribution in [1.29, 1.82) is 0 Å². The second kappa shape index (κ2) is 5.55. The van der Waals surface area contributed by atoms with Gasteiger partial charge in [-0.3, -0.25) is 0 Å². The molecular weight excluding hydrogens is 312 g/mol. The molecule has 0 saturated heterocycles. The number of anilines is 2. The first-order valence-electron chi connectivity index (χ1n) is 4.88. The standard InChI is InChI=1S/C10H7ClN2O4S2/c11-6-3-1-2-4-7(6)13(19(16)17)9-8(10(14)15)12-5-18-9/h1-5,19H,(H,14,15). The molecule has 100 valence electrons. The average Bonchev–Trinajstić information content (AvgIpc) is 2.80. The zero-order chi connectivity index (χ0) is 14.0. The van der Waals surface area contributed by atoms with Crippen LogP contribution < -0.4 is 4.31 Å². The second-order valence-electron chi connectivity index (χ2n) is 3.31. The number of aromatic carboxylic acids is 1. The van der Waals surface area contributed by atoms with Gasteiger partial charge in [-0.1, -0.05) is 23.7 Å². The van der Waals surface area contributed by atoms with E-state index in [1.54, 1.807) is 12.1 Å². The fourth-order valence-corrected chi connectivity index (χ4v) is 3.35. The summed E-state index contributed by atoms with van der Waals surface area (Å²) >= 11 is 6.85. The van der Waals surface area contributed by atoms with Crippen molar-refractivity contribution >= 4 is 50.5 Å². The molecule has 9 heteroatoms. The molecule has 0 aliphatic heterocycles. The highest BCUT2D eigenvalue weighted by Crippen LogP contribution is 2.36. The van der Waals surface area contributed by atoms with Crippen molar-refractivity contribution < 1.29 is 18.3 Å². The van der Waals surface area contributed by atoms with Crippen LogP contribution in [0.3, 0.4) is 0 Å². The van der Waals surface area contributed by atoms with E-state index in [-0.39, 0.29) is 21.4 Å². The van der Waals surface area contributed by atoms with Crippen LogP contribution in [0.25, 0.3) is 0 Å². The smallest absolute Gasteiger partial charge is 0.357 e. The number of aromatic nitrogens is 1. The summed E-state index contributed by atoms with van der Waals surface area (Å²) in [5.41, 5.74) is 1.12. The van der Waals surface area contributed by atoms with Crippen LogP contribution in [0.5, 0.6) is 0 Å². The lowest BCUT2D eigenvalue weighted by atomic mass is 10.3. The van der Waals surface area contributed by atoms with Gasteiger partial charge in [0.25, 0.3) is 0 Å². The van der Waals surface area contributed by atoms with Crippen molar-refractivity contribution in [2.45, 2.75) is 0 Å². The Labute approximate surface area is 119 Å². The lowest BCUT2D eigenvalue weighted by molar-refractivity contribution is 0.0692. The third-order valence-electron chi connectivity index (χ3n) is 2.19. The first-order chi connectivity index (χ1) is 9.02. The largest absolute Gasteiger partial charge is 0.476 e. The molecule has 0 saturated carbocycles. The number of hydrogen-bond donors (Lipinski definition) is 2. The summed E-state index contributed by atoms with van der Waals surface area (Å²) in [6.07, 6.45) is 0. The summed E-state index contributed by atoms with van der Waals surface area (Å²) in [6.45, 7) is 0. The summed E-state index contributed by atoms with van der Waals surface area (Å²) in [4.78, 5) is 14.7. The molecular formula is C10H7ClN2O4S2. The molecule has 6 nitrogen and oxygen atoms in total. The number of halogens is 1. The Morgan fingerprint density at radius 3 is 2.63 bits per heavy atom. The highest BCUT2D eigenvalue weighted by Gasteiger charge is 2.24. The molecule has 0 spiro atoms. The molecule has 0 amide bonds. The van der Waals surface area contributed by atoms with Crippen LogP contribution in [0.2, 0.25) is 5.02 Å². The molecule has 1 aromatic carbocycles. The normalized spacial score (nSPS) is 10.6. The van der Waals surface area contributed by atoms with E-state index in [2.05, 4.69) is 4.98 Å². The fraction of sp³-hybridized carbons (Fsp3) is 0. The van der Waals surface area contributed by atoms with Gasteiger partial charge in [-0.25, -0.2) is 22.5 Å². The van der Waals surface area contributed by atoms with Gasteiger partial charge in [-0.05, 0) is 12.1 Å². The maximum atomic E-state index is 11.4. The number of benzene rings is 1. The molecule has 1 aromatic heterocycles. The van der Waals surface area contributed by atoms with Crippen molar-refractivity contribution in [3.63, 3.8) is 0 Å². The first kappa shape index (κ1) is 13.8. The van der Waals surface area contributed by atoms with Crippen molar-refractivity contribution in [3.05, 3.63) is 40.5 Å². The van der Waals surface area contributed by atoms with Crippen LogP contribution in [0, 0.1) is 0 Å². The van der Waals surface area contributed by atoms with Crippen molar-refractivity contribution in [1.82, 2.24) is 4.98 Å². The summed E-state index contributed by atoms with van der Waals surface area (Å²) in [5.74, 6) is -1.30. The number of rotatable bonds is 4. The maximum absolute atomic E-state index is 11.4. The Bertz CT molecular complexity index is 690. The average molecular weight is 319 g/mol. The minimum atomic E-state index is -3.09. The van der Waals surface area contributed by atoms with E-state index in [0.29, 0.717) is 0 Å². The van der Waals surface area contributed by atoms with Crippen molar-refractivity contribution in [2.24, 2.45) is 0 Å². The lowest BCUT2D eigenvalue weighted by Crippen LogP contribution is -2.16. The van der Waals surface area contributed by atoms with Crippen LogP contribution in [0.4, 0.5) is 10.7 Å². The van der Waals surface area contributed by atoms with Crippen LogP contribution in [-0.2, 0) is 10.9 Å². The molecule has 0 aliphatic carbocycles. The van der Waals surface area contributed by atoms with Crippen LogP contribution in [0.15, 0.2) is 29.8 Å². The lowest BCUT2D eigenvalue weighted by Gasteiger charge is -2.17. The maximum Gasteiger partial charge on any atom is 0.357 e. The Kier molecular flexibility index (Phi) is 4.03. The van der Waals surface area contributed by atoms with E-state index in [4.69, 9.17) is 16.7 Å². The zero-order valence-electron chi connectivity index (χ0n) is 9.19. The molecule has 0 radical (unpaired) electrons. The van der Waals surface area contributed by atoms with Crippen LogP contribution >= 0.6 is 22.9 Å². The number of carboxylic acids is 1. The molecule has 0 aliphatic rings. The first-order valence-corrected chi connectivity index (χ1v) is 7.27. The summed E-state index contributed by atoms with van der Waals surface area (Å²) < 4.78 is 23.7. The number of para-hydroxylation sites is 1. The van der Waals surface area contributed by atoms with Crippen LogP contribution in [-0.4, -0.2) is 24.5 Å². The number of carboxylic acid groups (broad SMARTS) is 1. The van der Waals surface area contributed by atoms with E-state index in [1.165, 1.54) is 17.6 Å². The van der Waals surface area contributed by atoms with Crippen molar-refractivity contribution in [3.8, 4) is 0 Å². The SMILES string of the molecule is O=C(O)c1ncsc1N(c1ccccc1Cl)[SH](=O)=O. The predicted molar refractivity (Wildman–Crippen MR) is 73.0 cm³/mol. The van der Waals surface area contributed by atoms with E-state index in [1.807, 2.05) is 0 Å². The van der Waals surface area contributed by atoms with Gasteiger partial charge < -0.3 is 5.11 Å². The van der Waals surface area contributed by atoms with Gasteiger partial charge in [-0.2, -0.15) is 0 Å². The van der Waals surface area contributed by atoms with E-state index >= 15 is 0 Å². The third kappa shape index (κ3) is 2.70. The van der Waals surface area contributed by atoms with Crippen molar-refractivity contribution in [2.75, 3.05) is 4.31 Å². The summed E-state index contributed by atoms with van der Waals surface area (Å²) in [6, 6.07) is 6.25. The van der Waals surface area contributed by atoms with Gasteiger partial charge in [0.1, 0.15) is 5.00 Å². The molecule has 0 unspecified atom stereocenters. The zero-order valence-corrected chi connectivity index (χ0v) is 11.7. The third-order valence-corrected chi connectivity index (χ3v) is 4.19. The number of nitrogens with zero attached hydrogens (tertiary/aromatic N) is 2. The minimum Gasteiger partial charge on any atom is -0.476 e. The molecule has 0 atom stereocenters. The van der Waals surface area contributed by atoms with E-state index in [9.17, 15) is 13.2 Å². The van der Waals surface area contributed by atoms with Gasteiger partial charge in [0, 0.05) is 0 Å². The van der Waals surface area contributed by atoms with Gasteiger partial charge in [0.2, 0.25) is 10.9 Å². The Morgan fingerprint density at radius 1 is 1.37 bits per heavy atom. The molecule has 0 fully saturated rings. The molecule has 19 heavy (non-hydrogen) atoms. The summed E-state index contributed by atoms with van der Waals surface area (Å²) in [5, 5.41) is 9.19. The van der Waals surface area contributed by atoms with E-state index < -0.39 is 16.9 Å². The monoisotopic (exact) mass is 318 g/mol. The molecule has 2 aromatic rings. The van der Waals surface area contributed by atoms with Crippen LogP contribution in [0.1, 0.15) is 10.5 Å². The molecule has 0 bridgehead atoms. The second-order valence-corrected chi connectivity index (χ2v) is 5.43. The van der Waals surface area contributed by atoms with E-state index in [0.717, 1.165) is 15.6 Å². The Hall–Kier alpha value is -1.64. The quantitative estimate of drug-likeness (QED) is 0.843. The van der Waals surface area contributed by atoms with Gasteiger partial charge in [0.05, 0.1) is 16.2 Å². The summed E-state index contributed by atoms with van der Waals surface area (Å²) in [7, 11) is -3.09. The fourth-order valence-electron chi connectivity index (χ4n) is 1.43. The molecule has 2 rings (SSSR count). The minimum absolute atomic E-state index is 0.00305. The molecule has 1 N–H and O–H groups in total. The van der Waals surface area contributed by atoms with Gasteiger partial charge >= 0.3 is 5.97 Å². The Balaban J connectivity index is 2.63. The van der Waals surface area contributed by atoms with Gasteiger partial charge in [0.15, 0.2) is 5.69 Å². The number of carbonyl (C=O) groups is 1. The number of hydrogen-bond acceptors (Lipinski definition) is 5. The predicted octanol–water partition coefficient (Wildman–Crippen LogP) is 2.16. The Morgan fingerprint density at radius 2 is 2.05 bits per heavy atom. The number of thiazole rings is 1. The number of thiol groups is 1. The van der Waals surface area contributed by atoms with Gasteiger partial charge in [-0.15, -0.1) is 11.3 Å². The highest BCUT2D eigenvalue weighted by atomic mass is 35.5. The molecule has 1 heterocycles.